The molecule has 2 N–H and O–H groups in total. The minimum absolute atomic E-state index is 0.186. The highest BCUT2D eigenvalue weighted by Gasteiger charge is 2.27. The fraction of sp³-hybridized carbons (Fsp3) is 0.684. The van der Waals surface area contributed by atoms with Crippen LogP contribution in [0, 0.1) is 5.41 Å². The van der Waals surface area contributed by atoms with Crippen molar-refractivity contribution >= 4 is 0 Å². The zero-order valence-corrected chi connectivity index (χ0v) is 14.7. The zero-order chi connectivity index (χ0) is 16.1. The van der Waals surface area contributed by atoms with Gasteiger partial charge in [-0.3, -0.25) is 0 Å². The molecule has 0 fully saturated rings. The average Bonchev–Trinajstić information content (AvgIpc) is 2.32. The Hall–Kier alpha value is -1.02. The summed E-state index contributed by atoms with van der Waals surface area (Å²) in [5.41, 5.74) is 7.63. The van der Waals surface area contributed by atoms with Gasteiger partial charge in [-0.05, 0) is 54.7 Å². The Balaban J connectivity index is 2.57. The minimum atomic E-state index is 0.186. The normalized spacial score (nSPS) is 14.0. The Labute approximate surface area is 131 Å². The first-order valence-corrected chi connectivity index (χ1v) is 8.09. The van der Waals surface area contributed by atoms with E-state index in [1.807, 2.05) is 6.92 Å². The van der Waals surface area contributed by atoms with Crippen LogP contribution in [0.3, 0.4) is 0 Å². The van der Waals surface area contributed by atoms with Gasteiger partial charge in [0.15, 0.2) is 0 Å². The molecule has 21 heavy (non-hydrogen) atoms. The van der Waals surface area contributed by atoms with E-state index in [0.717, 1.165) is 31.6 Å². The van der Waals surface area contributed by atoms with E-state index in [9.17, 15) is 0 Å². The molecule has 0 radical (unpaired) electrons. The zero-order valence-electron chi connectivity index (χ0n) is 14.7. The van der Waals surface area contributed by atoms with Crippen molar-refractivity contribution in [2.75, 3.05) is 6.61 Å². The highest BCUT2D eigenvalue weighted by Crippen LogP contribution is 2.36. The van der Waals surface area contributed by atoms with Gasteiger partial charge < -0.3 is 10.5 Å². The Bertz CT molecular complexity index is 412. The molecule has 0 saturated carbocycles. The van der Waals surface area contributed by atoms with Crippen molar-refractivity contribution in [3.8, 4) is 5.75 Å². The van der Waals surface area contributed by atoms with Crippen molar-refractivity contribution in [2.24, 2.45) is 11.1 Å². The predicted octanol–water partition coefficient (Wildman–Crippen LogP) is 4.91. The molecule has 2 heteroatoms. The van der Waals surface area contributed by atoms with Gasteiger partial charge in [-0.15, -0.1) is 0 Å². The van der Waals surface area contributed by atoms with E-state index >= 15 is 0 Å². The summed E-state index contributed by atoms with van der Waals surface area (Å²) in [5.74, 6) is 0.954. The molecular weight excluding hydrogens is 258 g/mol. The molecule has 0 heterocycles. The molecule has 1 unspecified atom stereocenters. The van der Waals surface area contributed by atoms with Crippen molar-refractivity contribution in [3.05, 3.63) is 29.8 Å². The third-order valence-electron chi connectivity index (χ3n) is 3.68. The highest BCUT2D eigenvalue weighted by molar-refractivity contribution is 5.31. The highest BCUT2D eigenvalue weighted by atomic mass is 16.5. The molecule has 0 spiro atoms. The molecule has 1 atom stereocenters. The summed E-state index contributed by atoms with van der Waals surface area (Å²) in [7, 11) is 0. The fourth-order valence-electron chi connectivity index (χ4n) is 3.03. The second-order valence-electron chi connectivity index (χ2n) is 8.11. The van der Waals surface area contributed by atoms with Gasteiger partial charge >= 0.3 is 0 Å². The molecule has 0 aliphatic rings. The lowest BCUT2D eigenvalue weighted by atomic mass is 9.72. The number of nitrogens with two attached hydrogens (primary N) is 1. The first-order valence-electron chi connectivity index (χ1n) is 8.09. The quantitative estimate of drug-likeness (QED) is 0.725. The van der Waals surface area contributed by atoms with Crippen LogP contribution < -0.4 is 10.5 Å². The smallest absolute Gasteiger partial charge is 0.119 e. The topological polar surface area (TPSA) is 35.2 Å². The third kappa shape index (κ3) is 6.99. The number of hydrogen-bond acceptors (Lipinski definition) is 2. The van der Waals surface area contributed by atoms with Crippen LogP contribution >= 0.6 is 0 Å². The monoisotopic (exact) mass is 291 g/mol. The molecule has 120 valence electrons. The van der Waals surface area contributed by atoms with E-state index in [4.69, 9.17) is 10.5 Å². The summed E-state index contributed by atoms with van der Waals surface area (Å²) in [6.07, 6.45) is 3.18. The van der Waals surface area contributed by atoms with Gasteiger partial charge in [-0.25, -0.2) is 0 Å². The maximum absolute atomic E-state index is 5.77. The van der Waals surface area contributed by atoms with Gasteiger partial charge in [-0.2, -0.15) is 0 Å². The van der Waals surface area contributed by atoms with E-state index in [-0.39, 0.29) is 11.5 Å². The molecule has 0 aliphatic carbocycles. The van der Waals surface area contributed by atoms with E-state index in [1.54, 1.807) is 0 Å². The van der Waals surface area contributed by atoms with E-state index < -0.39 is 0 Å². The fourth-order valence-corrected chi connectivity index (χ4v) is 3.03. The van der Waals surface area contributed by atoms with Gasteiger partial charge in [0.1, 0.15) is 5.75 Å². The summed E-state index contributed by atoms with van der Waals surface area (Å²) < 4.78 is 5.77. The molecule has 1 aromatic rings. The first-order chi connectivity index (χ1) is 9.60. The molecular formula is C19H33NO. The Morgan fingerprint density at radius 1 is 1.05 bits per heavy atom. The summed E-state index contributed by atoms with van der Waals surface area (Å²) in [6.45, 7) is 14.3. The SMILES string of the molecule is CC(N)CCCOc1ccc(C(C)(C)CC(C)(C)C)cc1. The summed E-state index contributed by atoms with van der Waals surface area (Å²) in [5, 5.41) is 0. The van der Waals surface area contributed by atoms with Crippen LogP contribution in [0.25, 0.3) is 0 Å². The van der Waals surface area contributed by atoms with Crippen LogP contribution in [-0.4, -0.2) is 12.6 Å². The molecule has 0 bridgehead atoms. The van der Waals surface area contributed by atoms with Gasteiger partial charge in [0, 0.05) is 6.04 Å². The van der Waals surface area contributed by atoms with Crippen molar-refractivity contribution in [3.63, 3.8) is 0 Å². The maximum Gasteiger partial charge on any atom is 0.119 e. The van der Waals surface area contributed by atoms with E-state index in [1.165, 1.54) is 5.56 Å². The van der Waals surface area contributed by atoms with Crippen molar-refractivity contribution < 1.29 is 4.74 Å². The minimum Gasteiger partial charge on any atom is -0.494 e. The van der Waals surface area contributed by atoms with Crippen LogP contribution in [-0.2, 0) is 5.41 Å². The largest absolute Gasteiger partial charge is 0.494 e. The lowest BCUT2D eigenvalue weighted by Crippen LogP contribution is -2.24. The standard InChI is InChI=1S/C19H33NO/c1-15(20)8-7-13-21-17-11-9-16(10-12-17)19(5,6)14-18(2,3)4/h9-12,15H,7-8,13-14,20H2,1-6H3. The Morgan fingerprint density at radius 2 is 1.62 bits per heavy atom. The van der Waals surface area contributed by atoms with E-state index in [0.29, 0.717) is 5.41 Å². The van der Waals surface area contributed by atoms with Gasteiger partial charge in [0.25, 0.3) is 0 Å². The van der Waals surface area contributed by atoms with Crippen LogP contribution in [0.2, 0.25) is 0 Å². The summed E-state index contributed by atoms with van der Waals surface area (Å²) in [6, 6.07) is 8.84. The van der Waals surface area contributed by atoms with Crippen LogP contribution in [0.4, 0.5) is 0 Å². The van der Waals surface area contributed by atoms with Crippen LogP contribution in [0.5, 0.6) is 5.75 Å². The number of rotatable bonds is 7. The van der Waals surface area contributed by atoms with Crippen molar-refractivity contribution in [2.45, 2.75) is 72.3 Å². The van der Waals surface area contributed by atoms with Crippen molar-refractivity contribution in [1.29, 1.82) is 0 Å². The lowest BCUT2D eigenvalue weighted by molar-refractivity contribution is 0.283. The first kappa shape index (κ1) is 18.0. The third-order valence-corrected chi connectivity index (χ3v) is 3.68. The van der Waals surface area contributed by atoms with Gasteiger partial charge in [0.05, 0.1) is 6.61 Å². The molecule has 2 nitrogen and oxygen atoms in total. The maximum atomic E-state index is 5.77. The molecule has 0 aromatic heterocycles. The van der Waals surface area contributed by atoms with Gasteiger partial charge in [-0.1, -0.05) is 46.8 Å². The molecule has 0 saturated heterocycles. The average molecular weight is 291 g/mol. The van der Waals surface area contributed by atoms with Crippen LogP contribution in [0.1, 0.15) is 66.4 Å². The van der Waals surface area contributed by atoms with E-state index in [2.05, 4.69) is 58.9 Å². The molecule has 1 aromatic carbocycles. The number of ether oxygens (including phenoxy) is 1. The second kappa shape index (κ2) is 7.31. The van der Waals surface area contributed by atoms with Crippen LogP contribution in [0.15, 0.2) is 24.3 Å². The summed E-state index contributed by atoms with van der Waals surface area (Å²) in [4.78, 5) is 0. The number of hydrogen-bond donors (Lipinski definition) is 1. The Morgan fingerprint density at radius 3 is 2.10 bits per heavy atom. The predicted molar refractivity (Wildman–Crippen MR) is 91.9 cm³/mol. The molecule has 0 amide bonds. The Kier molecular flexibility index (Phi) is 6.27. The van der Waals surface area contributed by atoms with Gasteiger partial charge in [0.2, 0.25) is 0 Å². The molecule has 1 rings (SSSR count). The second-order valence-corrected chi connectivity index (χ2v) is 8.11. The van der Waals surface area contributed by atoms with Crippen molar-refractivity contribution in [1.82, 2.24) is 0 Å². The molecule has 0 aliphatic heterocycles. The number of benzene rings is 1. The lowest BCUT2D eigenvalue weighted by Gasteiger charge is -2.33. The summed E-state index contributed by atoms with van der Waals surface area (Å²) >= 11 is 0.